The second-order valence-electron chi connectivity index (χ2n) is 7.60. The standard InChI is InChI=1S/C19H25N3O2/c1-13-6-9-17(22(11-13)18(23)24-19(2,3)4)14-7-8-16-15(10-14)12-21(5)20-16/h7-10,12-13H,6,11H2,1-5H3/t13-/m0/s1. The van der Waals surface area contributed by atoms with E-state index in [0.717, 1.165) is 28.6 Å². The first-order valence-corrected chi connectivity index (χ1v) is 8.37. The van der Waals surface area contributed by atoms with Crippen LogP contribution in [0.5, 0.6) is 0 Å². The summed E-state index contributed by atoms with van der Waals surface area (Å²) in [7, 11) is 1.91. The summed E-state index contributed by atoms with van der Waals surface area (Å²) in [6.45, 7) is 8.50. The molecule has 0 spiro atoms. The van der Waals surface area contributed by atoms with Gasteiger partial charge in [-0.2, -0.15) is 5.10 Å². The Kier molecular flexibility index (Phi) is 4.11. The lowest BCUT2D eigenvalue weighted by molar-refractivity contribution is 0.0327. The number of amides is 1. The number of aryl methyl sites for hydroxylation is 1. The zero-order chi connectivity index (χ0) is 17.5. The molecule has 0 aliphatic carbocycles. The largest absolute Gasteiger partial charge is 0.443 e. The molecule has 24 heavy (non-hydrogen) atoms. The lowest BCUT2D eigenvalue weighted by Gasteiger charge is -2.33. The minimum atomic E-state index is -0.504. The molecular formula is C19H25N3O2. The number of rotatable bonds is 1. The topological polar surface area (TPSA) is 47.4 Å². The van der Waals surface area contributed by atoms with Crippen LogP contribution in [0.4, 0.5) is 4.79 Å². The van der Waals surface area contributed by atoms with E-state index >= 15 is 0 Å². The molecule has 1 aliphatic rings. The first-order chi connectivity index (χ1) is 11.2. The molecule has 0 saturated heterocycles. The third kappa shape index (κ3) is 3.45. The zero-order valence-corrected chi connectivity index (χ0v) is 15.0. The summed E-state index contributed by atoms with van der Waals surface area (Å²) in [6, 6.07) is 6.10. The maximum absolute atomic E-state index is 12.7. The van der Waals surface area contributed by atoms with Crippen molar-refractivity contribution in [3.8, 4) is 0 Å². The summed E-state index contributed by atoms with van der Waals surface area (Å²) in [5.41, 5.74) is 2.40. The third-order valence-electron chi connectivity index (χ3n) is 4.03. The fourth-order valence-corrected chi connectivity index (χ4v) is 2.98. The van der Waals surface area contributed by atoms with Gasteiger partial charge in [-0.15, -0.1) is 0 Å². The van der Waals surface area contributed by atoms with E-state index in [2.05, 4.69) is 24.2 Å². The molecule has 0 radical (unpaired) electrons. The Morgan fingerprint density at radius 3 is 2.79 bits per heavy atom. The average Bonchev–Trinajstić information content (AvgIpc) is 2.84. The Morgan fingerprint density at radius 1 is 1.33 bits per heavy atom. The molecule has 1 atom stereocenters. The minimum absolute atomic E-state index is 0.286. The predicted molar refractivity (Wildman–Crippen MR) is 95.4 cm³/mol. The maximum atomic E-state index is 12.7. The number of hydrogen-bond donors (Lipinski definition) is 0. The number of benzene rings is 1. The van der Waals surface area contributed by atoms with Crippen LogP contribution in [-0.2, 0) is 11.8 Å². The van der Waals surface area contributed by atoms with Crippen molar-refractivity contribution in [3.05, 3.63) is 36.0 Å². The summed E-state index contributed by atoms with van der Waals surface area (Å²) in [5, 5.41) is 5.47. The smallest absolute Gasteiger partial charge is 0.414 e. The number of fused-ring (bicyclic) bond motifs is 1. The average molecular weight is 327 g/mol. The lowest BCUT2D eigenvalue weighted by atomic mass is 9.98. The highest BCUT2D eigenvalue weighted by atomic mass is 16.6. The second-order valence-corrected chi connectivity index (χ2v) is 7.60. The quantitative estimate of drug-likeness (QED) is 0.789. The van der Waals surface area contributed by atoms with Crippen LogP contribution in [-0.4, -0.2) is 32.9 Å². The lowest BCUT2D eigenvalue weighted by Crippen LogP contribution is -2.39. The Labute approximate surface area is 142 Å². The molecule has 1 aromatic heterocycles. The number of hydrogen-bond acceptors (Lipinski definition) is 3. The van der Waals surface area contributed by atoms with Crippen LogP contribution in [0.1, 0.15) is 39.7 Å². The van der Waals surface area contributed by atoms with Crippen LogP contribution in [0.3, 0.4) is 0 Å². The van der Waals surface area contributed by atoms with Gasteiger partial charge in [0.1, 0.15) is 5.60 Å². The van der Waals surface area contributed by atoms with E-state index in [-0.39, 0.29) is 6.09 Å². The van der Waals surface area contributed by atoms with Gasteiger partial charge >= 0.3 is 6.09 Å². The Morgan fingerprint density at radius 2 is 2.08 bits per heavy atom. The van der Waals surface area contributed by atoms with Crippen molar-refractivity contribution in [2.75, 3.05) is 6.54 Å². The first-order valence-electron chi connectivity index (χ1n) is 8.37. The fourth-order valence-electron chi connectivity index (χ4n) is 2.98. The summed E-state index contributed by atoms with van der Waals surface area (Å²) in [6.07, 6.45) is 4.80. The van der Waals surface area contributed by atoms with Gasteiger partial charge in [-0.1, -0.05) is 19.1 Å². The van der Waals surface area contributed by atoms with Crippen molar-refractivity contribution in [3.63, 3.8) is 0 Å². The zero-order valence-electron chi connectivity index (χ0n) is 15.0. The molecule has 1 aromatic carbocycles. The molecule has 1 amide bonds. The molecule has 0 bridgehead atoms. The van der Waals surface area contributed by atoms with Gasteiger partial charge in [0.25, 0.3) is 0 Å². The predicted octanol–water partition coefficient (Wildman–Crippen LogP) is 4.19. The molecule has 3 rings (SSSR count). The number of nitrogens with zero attached hydrogens (tertiary/aromatic N) is 3. The molecule has 5 heteroatoms. The number of aromatic nitrogens is 2. The SMILES string of the molecule is C[C@H]1CC=C(c2ccc3nn(C)cc3c2)N(C(=O)OC(C)(C)C)C1. The van der Waals surface area contributed by atoms with Gasteiger partial charge in [0.2, 0.25) is 0 Å². The van der Waals surface area contributed by atoms with E-state index in [1.54, 1.807) is 9.58 Å². The number of allylic oxidation sites excluding steroid dienone is 1. The van der Waals surface area contributed by atoms with E-state index in [0.29, 0.717) is 12.5 Å². The molecule has 0 N–H and O–H groups in total. The van der Waals surface area contributed by atoms with Crippen molar-refractivity contribution >= 4 is 22.7 Å². The molecule has 0 fully saturated rings. The van der Waals surface area contributed by atoms with Gasteiger partial charge in [-0.25, -0.2) is 4.79 Å². The normalized spacial score (nSPS) is 18.6. The summed E-state index contributed by atoms with van der Waals surface area (Å²) < 4.78 is 7.40. The van der Waals surface area contributed by atoms with Crippen molar-refractivity contribution in [2.45, 2.75) is 39.7 Å². The van der Waals surface area contributed by atoms with Crippen LogP contribution in [0.2, 0.25) is 0 Å². The van der Waals surface area contributed by atoms with Gasteiger partial charge in [0.05, 0.1) is 11.2 Å². The molecule has 0 unspecified atom stereocenters. The molecule has 5 nitrogen and oxygen atoms in total. The molecule has 0 saturated carbocycles. The maximum Gasteiger partial charge on any atom is 0.414 e. The number of carbonyl (C=O) groups is 1. The van der Waals surface area contributed by atoms with E-state index in [1.807, 2.05) is 46.1 Å². The monoisotopic (exact) mass is 327 g/mol. The van der Waals surface area contributed by atoms with Crippen LogP contribution >= 0.6 is 0 Å². The highest BCUT2D eigenvalue weighted by Gasteiger charge is 2.29. The van der Waals surface area contributed by atoms with E-state index in [9.17, 15) is 4.79 Å². The van der Waals surface area contributed by atoms with Crippen molar-refractivity contribution in [2.24, 2.45) is 13.0 Å². The van der Waals surface area contributed by atoms with E-state index in [4.69, 9.17) is 4.74 Å². The molecule has 1 aliphatic heterocycles. The summed E-state index contributed by atoms with van der Waals surface area (Å²) in [5.74, 6) is 0.420. The van der Waals surface area contributed by atoms with Crippen LogP contribution in [0.15, 0.2) is 30.5 Å². The van der Waals surface area contributed by atoms with Crippen LogP contribution < -0.4 is 0 Å². The number of ether oxygens (including phenoxy) is 1. The Bertz CT molecular complexity index is 799. The van der Waals surface area contributed by atoms with Crippen LogP contribution in [0, 0.1) is 5.92 Å². The van der Waals surface area contributed by atoms with Gasteiger partial charge in [-0.05, 0) is 50.8 Å². The number of carbonyl (C=O) groups excluding carboxylic acids is 1. The highest BCUT2D eigenvalue weighted by molar-refractivity contribution is 5.87. The summed E-state index contributed by atoms with van der Waals surface area (Å²) >= 11 is 0. The third-order valence-corrected chi connectivity index (χ3v) is 4.03. The first kappa shape index (κ1) is 16.6. The molecule has 2 heterocycles. The fraction of sp³-hybridized carbons (Fsp3) is 0.474. The molecule has 128 valence electrons. The van der Waals surface area contributed by atoms with E-state index in [1.165, 1.54) is 0 Å². The summed E-state index contributed by atoms with van der Waals surface area (Å²) in [4.78, 5) is 14.4. The second kappa shape index (κ2) is 5.96. The molecular weight excluding hydrogens is 302 g/mol. The molecule has 2 aromatic rings. The van der Waals surface area contributed by atoms with Gasteiger partial charge in [0.15, 0.2) is 0 Å². The van der Waals surface area contributed by atoms with Crippen LogP contribution in [0.25, 0.3) is 16.6 Å². The van der Waals surface area contributed by atoms with Gasteiger partial charge in [-0.3, -0.25) is 9.58 Å². The Balaban J connectivity index is 1.96. The van der Waals surface area contributed by atoms with Crippen molar-refractivity contribution < 1.29 is 9.53 Å². The Hall–Kier alpha value is -2.30. The van der Waals surface area contributed by atoms with Crippen molar-refractivity contribution in [1.29, 1.82) is 0 Å². The highest BCUT2D eigenvalue weighted by Crippen LogP contribution is 2.30. The van der Waals surface area contributed by atoms with Crippen molar-refractivity contribution in [1.82, 2.24) is 14.7 Å². The van der Waals surface area contributed by atoms with E-state index < -0.39 is 5.60 Å². The van der Waals surface area contributed by atoms with Gasteiger partial charge in [0, 0.05) is 25.2 Å². The minimum Gasteiger partial charge on any atom is -0.443 e. The van der Waals surface area contributed by atoms with Gasteiger partial charge < -0.3 is 4.74 Å².